The quantitative estimate of drug-likeness (QED) is 0.0959. The first kappa shape index (κ1) is 69.4. The average molecular weight is 1410 g/mol. The maximum atomic E-state index is 4.75. The zero-order valence-electron chi connectivity index (χ0n) is 63.0. The van der Waals surface area contributed by atoms with E-state index in [1.165, 1.54) is 55.6 Å². The van der Waals surface area contributed by atoms with Crippen molar-refractivity contribution in [3.05, 3.63) is 385 Å². The highest BCUT2D eigenvalue weighted by Gasteiger charge is 2.25. The Morgan fingerprint density at radius 1 is 0.164 bits per heavy atom. The van der Waals surface area contributed by atoms with Crippen LogP contribution in [-0.2, 0) is 0 Å². The molecule has 0 saturated carbocycles. The van der Waals surface area contributed by atoms with Crippen LogP contribution in [0.2, 0.25) is 0 Å². The molecule has 12 aromatic carbocycles. The highest BCUT2D eigenvalue weighted by Crippen LogP contribution is 2.50. The van der Waals surface area contributed by atoms with Crippen LogP contribution in [0.1, 0.15) is 44.5 Å². The van der Waals surface area contributed by atoms with Crippen molar-refractivity contribution in [2.24, 2.45) is 0 Å². The standard InChI is InChI=1S/C104H80N6/c1-65-53-71(7)101(96(54-65)76-32-40-80(41-33-76)100-24-12-16-50-108-100)87-61-83(59-85(63-87)94-57-69(5)67(3)55-92(94)74-28-36-78(37-29-74)98-22-10-14-48-106-98)89-19-17-20-90(103(89)81-42-44-82(45-43-81)104-109-51-18-52-110-104)84-60-86(95-58-70(6)68(4)56-93(95)75-30-38-79(39-31-75)99-23-11-15-49-107-99)64-88(62-84)102-72(8)66(2)25-46-91(102)73-26-34-77(35-27-73)97-21-9-13-47-105-97/h9-64H,1-8H3. The topological polar surface area (TPSA) is 77.3 Å². The molecule has 110 heavy (non-hydrogen) atoms. The molecular weight excluding hydrogens is 1330 g/mol. The Kier molecular flexibility index (Phi) is 18.9. The number of aryl methyl sites for hydroxylation is 7. The van der Waals surface area contributed by atoms with Gasteiger partial charge in [0.1, 0.15) is 0 Å². The number of hydrogen-bond acceptors (Lipinski definition) is 6. The molecule has 6 nitrogen and oxygen atoms in total. The third kappa shape index (κ3) is 13.9. The lowest BCUT2D eigenvalue weighted by atomic mass is 9.81. The van der Waals surface area contributed by atoms with E-state index in [0.29, 0.717) is 5.82 Å². The summed E-state index contributed by atoms with van der Waals surface area (Å²) in [6.45, 7) is 17.9. The van der Waals surface area contributed by atoms with E-state index >= 15 is 0 Å². The van der Waals surface area contributed by atoms with E-state index in [0.717, 1.165) is 162 Å². The molecule has 0 aliphatic heterocycles. The molecule has 0 aliphatic carbocycles. The molecule has 0 amide bonds. The molecule has 6 heteroatoms. The molecule has 0 atom stereocenters. The lowest BCUT2D eigenvalue weighted by Crippen LogP contribution is -1.98. The number of rotatable bonds is 16. The highest BCUT2D eigenvalue weighted by atomic mass is 14.8. The Morgan fingerprint density at radius 2 is 0.482 bits per heavy atom. The second-order valence-electron chi connectivity index (χ2n) is 29.0. The zero-order valence-corrected chi connectivity index (χ0v) is 63.0. The maximum Gasteiger partial charge on any atom is 0.159 e. The minimum atomic E-state index is 0.666. The largest absolute Gasteiger partial charge is 0.256 e. The summed E-state index contributed by atoms with van der Waals surface area (Å²) in [6, 6.07) is 111. The van der Waals surface area contributed by atoms with Crippen molar-refractivity contribution >= 4 is 0 Å². The van der Waals surface area contributed by atoms with Crippen molar-refractivity contribution in [1.82, 2.24) is 29.9 Å². The van der Waals surface area contributed by atoms with Gasteiger partial charge in [0, 0.05) is 65.0 Å². The van der Waals surface area contributed by atoms with Crippen molar-refractivity contribution in [2.45, 2.75) is 55.4 Å². The van der Waals surface area contributed by atoms with Gasteiger partial charge in [-0.3, -0.25) is 19.9 Å². The fourth-order valence-electron chi connectivity index (χ4n) is 15.8. The van der Waals surface area contributed by atoms with E-state index in [9.17, 15) is 0 Å². The summed E-state index contributed by atoms with van der Waals surface area (Å²) < 4.78 is 0. The lowest BCUT2D eigenvalue weighted by Gasteiger charge is -2.23. The van der Waals surface area contributed by atoms with Crippen molar-refractivity contribution in [3.63, 3.8) is 0 Å². The molecule has 5 heterocycles. The van der Waals surface area contributed by atoms with Crippen molar-refractivity contribution in [3.8, 4) is 179 Å². The number of aromatic nitrogens is 6. The second kappa shape index (κ2) is 29.9. The maximum absolute atomic E-state index is 4.75. The summed E-state index contributed by atoms with van der Waals surface area (Å²) in [5, 5.41) is 0. The first-order valence-electron chi connectivity index (χ1n) is 37.7. The van der Waals surface area contributed by atoms with Crippen molar-refractivity contribution < 1.29 is 0 Å². The summed E-state index contributed by atoms with van der Waals surface area (Å²) in [6.07, 6.45) is 11.1. The van der Waals surface area contributed by atoms with Crippen molar-refractivity contribution in [2.75, 3.05) is 0 Å². The predicted molar refractivity (Wildman–Crippen MR) is 458 cm³/mol. The average Bonchev–Trinajstić information content (AvgIpc) is 0.753. The van der Waals surface area contributed by atoms with Crippen molar-refractivity contribution in [1.29, 1.82) is 0 Å². The number of benzene rings is 12. The molecule has 17 rings (SSSR count). The zero-order chi connectivity index (χ0) is 74.9. The Labute approximate surface area is 645 Å². The third-order valence-corrected chi connectivity index (χ3v) is 21.9. The normalized spacial score (nSPS) is 11.3. The summed E-state index contributed by atoms with van der Waals surface area (Å²) in [5.74, 6) is 0.666. The Morgan fingerprint density at radius 3 is 0.882 bits per heavy atom. The number of pyridine rings is 4. The Bertz CT molecular complexity index is 6260. The van der Waals surface area contributed by atoms with E-state index in [4.69, 9.17) is 29.9 Å². The van der Waals surface area contributed by atoms with Gasteiger partial charge < -0.3 is 0 Å². The van der Waals surface area contributed by atoms with Gasteiger partial charge >= 0.3 is 0 Å². The summed E-state index contributed by atoms with van der Waals surface area (Å²) in [7, 11) is 0. The molecule has 0 fully saturated rings. The molecule has 0 bridgehead atoms. The SMILES string of the molecule is Cc1cc(C)c(-c2cc(-c3cc(C)c(C)cc3-c3ccc(-c4ccccn4)cc3)cc(-c3cccc(-c4cc(-c5cc(C)c(C)cc5-c5ccc(-c6ccccn6)cc5)cc(-c5c(-c6ccc(-c7ccccn7)cc6)ccc(C)c5C)c4)c3-c3ccc(-c4ncccn4)cc3)c2)c(-c2ccc(-c3ccccn3)cc2)c1. The van der Waals surface area contributed by atoms with Crippen LogP contribution in [0.4, 0.5) is 0 Å². The number of hydrogen-bond donors (Lipinski definition) is 0. The molecule has 0 unspecified atom stereocenters. The van der Waals surface area contributed by atoms with Gasteiger partial charge in [0.25, 0.3) is 0 Å². The van der Waals surface area contributed by atoms with Crippen LogP contribution in [0.25, 0.3) is 179 Å². The third-order valence-electron chi connectivity index (χ3n) is 21.9. The van der Waals surface area contributed by atoms with Gasteiger partial charge in [0.15, 0.2) is 5.82 Å². The van der Waals surface area contributed by atoms with Crippen LogP contribution in [0.5, 0.6) is 0 Å². The van der Waals surface area contributed by atoms with Gasteiger partial charge in [-0.25, -0.2) is 9.97 Å². The first-order chi connectivity index (χ1) is 53.8. The Hall–Kier alpha value is -13.7. The second-order valence-corrected chi connectivity index (χ2v) is 29.0. The smallest absolute Gasteiger partial charge is 0.159 e. The van der Waals surface area contributed by atoms with Gasteiger partial charge in [-0.2, -0.15) is 0 Å². The molecule has 0 aliphatic rings. The van der Waals surface area contributed by atoms with E-state index in [1.54, 1.807) is 0 Å². The molecule has 5 aromatic heterocycles. The lowest BCUT2D eigenvalue weighted by molar-refractivity contribution is 1.18. The highest BCUT2D eigenvalue weighted by molar-refractivity contribution is 6.02. The molecule has 0 radical (unpaired) electrons. The molecule has 17 aromatic rings. The van der Waals surface area contributed by atoms with E-state index in [-0.39, 0.29) is 0 Å². The molecule has 0 spiro atoms. The van der Waals surface area contributed by atoms with E-state index in [1.807, 2.05) is 91.8 Å². The fraction of sp³-hybridized carbons (Fsp3) is 0.0769. The van der Waals surface area contributed by atoms with Crippen LogP contribution >= 0.6 is 0 Å². The van der Waals surface area contributed by atoms with Crippen LogP contribution < -0.4 is 0 Å². The minimum absolute atomic E-state index is 0.666. The van der Waals surface area contributed by atoms with Gasteiger partial charge in [-0.05, 0) is 308 Å². The minimum Gasteiger partial charge on any atom is -0.256 e. The molecule has 526 valence electrons. The van der Waals surface area contributed by atoms with Crippen LogP contribution in [0.15, 0.2) is 340 Å². The summed E-state index contributed by atoms with van der Waals surface area (Å²) in [4.78, 5) is 28.5. The predicted octanol–water partition coefficient (Wildman–Crippen LogP) is 27.2. The van der Waals surface area contributed by atoms with Gasteiger partial charge in [-0.1, -0.05) is 218 Å². The summed E-state index contributed by atoms with van der Waals surface area (Å²) >= 11 is 0. The van der Waals surface area contributed by atoms with E-state index < -0.39 is 0 Å². The molecular formula is C104H80N6. The van der Waals surface area contributed by atoms with Crippen LogP contribution in [-0.4, -0.2) is 29.9 Å². The number of nitrogens with zero attached hydrogens (tertiary/aromatic N) is 6. The van der Waals surface area contributed by atoms with Crippen LogP contribution in [0.3, 0.4) is 0 Å². The van der Waals surface area contributed by atoms with Crippen LogP contribution in [0, 0.1) is 55.4 Å². The monoisotopic (exact) mass is 1410 g/mol. The Balaban J connectivity index is 0.935. The van der Waals surface area contributed by atoms with Gasteiger partial charge in [0.2, 0.25) is 0 Å². The summed E-state index contributed by atoms with van der Waals surface area (Å²) in [5.41, 5.74) is 43.2. The fourth-order valence-corrected chi connectivity index (χ4v) is 15.8. The molecule has 0 N–H and O–H groups in total. The first-order valence-corrected chi connectivity index (χ1v) is 37.7. The molecule has 0 saturated heterocycles. The van der Waals surface area contributed by atoms with Gasteiger partial charge in [-0.15, -0.1) is 0 Å². The van der Waals surface area contributed by atoms with Gasteiger partial charge in [0.05, 0.1) is 22.8 Å². The van der Waals surface area contributed by atoms with E-state index in [2.05, 4.69) is 304 Å².